The molecule has 1 aliphatic rings. The van der Waals surface area contributed by atoms with Crippen LogP contribution in [0.4, 0.5) is 5.69 Å². The van der Waals surface area contributed by atoms with Crippen molar-refractivity contribution < 1.29 is 18.0 Å². The van der Waals surface area contributed by atoms with Crippen LogP contribution < -0.4 is 10.6 Å². The summed E-state index contributed by atoms with van der Waals surface area (Å²) in [6.07, 6.45) is 1.87. The van der Waals surface area contributed by atoms with E-state index < -0.39 is 15.9 Å². The Morgan fingerprint density at radius 3 is 2.70 bits per heavy atom. The van der Waals surface area contributed by atoms with Gasteiger partial charge in [-0.3, -0.25) is 9.59 Å². The van der Waals surface area contributed by atoms with Crippen LogP contribution >= 0.6 is 0 Å². The van der Waals surface area contributed by atoms with E-state index in [4.69, 9.17) is 0 Å². The maximum absolute atomic E-state index is 12.6. The normalized spacial score (nSPS) is 18.3. The molecule has 0 aliphatic carbocycles. The summed E-state index contributed by atoms with van der Waals surface area (Å²) in [6.45, 7) is 6.27. The zero-order valence-corrected chi connectivity index (χ0v) is 17.0. The van der Waals surface area contributed by atoms with Gasteiger partial charge in [-0.25, -0.2) is 12.7 Å². The molecule has 0 spiro atoms. The summed E-state index contributed by atoms with van der Waals surface area (Å²) in [6, 6.07) is 6.77. The molecule has 0 bridgehead atoms. The van der Waals surface area contributed by atoms with Crippen LogP contribution in [-0.2, 0) is 14.8 Å². The van der Waals surface area contributed by atoms with Gasteiger partial charge in [0.15, 0.2) is 0 Å². The average molecular weight is 396 g/mol. The second kappa shape index (κ2) is 9.32. The number of carbonyl (C=O) groups excluding carboxylic acids is 2. The van der Waals surface area contributed by atoms with Crippen molar-refractivity contribution in [1.82, 2.24) is 9.62 Å². The molecular weight excluding hydrogens is 366 g/mol. The van der Waals surface area contributed by atoms with E-state index in [1.807, 2.05) is 20.8 Å². The number of sulfonamides is 1. The quantitative estimate of drug-likeness (QED) is 0.740. The molecule has 1 unspecified atom stereocenters. The largest absolute Gasteiger partial charge is 0.350 e. The van der Waals surface area contributed by atoms with E-state index >= 15 is 0 Å². The van der Waals surface area contributed by atoms with Crippen molar-refractivity contribution in [3.05, 3.63) is 29.8 Å². The topological polar surface area (TPSA) is 95.6 Å². The van der Waals surface area contributed by atoms with Gasteiger partial charge in [-0.15, -0.1) is 0 Å². The van der Waals surface area contributed by atoms with Crippen molar-refractivity contribution >= 4 is 27.5 Å². The van der Waals surface area contributed by atoms with Crippen molar-refractivity contribution in [2.24, 2.45) is 5.92 Å². The predicted molar refractivity (Wildman–Crippen MR) is 106 cm³/mol. The summed E-state index contributed by atoms with van der Waals surface area (Å²) in [5, 5.41) is 5.64. The highest BCUT2D eigenvalue weighted by Gasteiger charge is 2.31. The fraction of sp³-hybridized carbons (Fsp3) is 0.579. The van der Waals surface area contributed by atoms with Gasteiger partial charge in [-0.2, -0.15) is 0 Å². The minimum atomic E-state index is -3.30. The van der Waals surface area contributed by atoms with E-state index in [1.54, 1.807) is 24.3 Å². The molecule has 2 rings (SSSR count). The Morgan fingerprint density at radius 1 is 1.30 bits per heavy atom. The number of benzene rings is 1. The number of amides is 2. The highest BCUT2D eigenvalue weighted by Crippen LogP contribution is 2.22. The van der Waals surface area contributed by atoms with Crippen molar-refractivity contribution in [3.63, 3.8) is 0 Å². The Balaban J connectivity index is 2.03. The van der Waals surface area contributed by atoms with Gasteiger partial charge in [0.1, 0.15) is 0 Å². The summed E-state index contributed by atoms with van der Waals surface area (Å²) in [5.74, 6) is -0.698. The summed E-state index contributed by atoms with van der Waals surface area (Å²) in [7, 11) is -3.30. The Bertz CT molecular complexity index is 777. The van der Waals surface area contributed by atoms with E-state index in [9.17, 15) is 18.0 Å². The first kappa shape index (κ1) is 21.4. The number of hydrogen-bond donors (Lipinski definition) is 2. The van der Waals surface area contributed by atoms with E-state index in [0.29, 0.717) is 37.1 Å². The lowest BCUT2D eigenvalue weighted by Gasteiger charge is -2.31. The number of anilines is 1. The summed E-state index contributed by atoms with van der Waals surface area (Å²) < 4.78 is 26.0. The smallest absolute Gasteiger partial charge is 0.251 e. The van der Waals surface area contributed by atoms with Gasteiger partial charge in [0, 0.05) is 30.4 Å². The van der Waals surface area contributed by atoms with Crippen molar-refractivity contribution in [1.29, 1.82) is 0 Å². The second-order valence-corrected chi connectivity index (χ2v) is 9.30. The molecule has 1 aromatic rings. The van der Waals surface area contributed by atoms with Crippen molar-refractivity contribution in [2.75, 3.05) is 24.2 Å². The summed E-state index contributed by atoms with van der Waals surface area (Å²) >= 11 is 0. The van der Waals surface area contributed by atoms with Crippen molar-refractivity contribution in [2.45, 2.75) is 46.1 Å². The molecule has 8 heteroatoms. The van der Waals surface area contributed by atoms with Gasteiger partial charge in [-0.1, -0.05) is 13.0 Å². The van der Waals surface area contributed by atoms with E-state index in [1.165, 1.54) is 4.31 Å². The maximum atomic E-state index is 12.6. The SMILES string of the molecule is CCCS(=O)(=O)N1CCCC(C(=O)Nc2cccc(C(=O)NC(C)C)c2)C1. The van der Waals surface area contributed by atoms with E-state index in [0.717, 1.165) is 0 Å². The molecule has 1 aromatic carbocycles. The third kappa shape index (κ3) is 6.04. The number of rotatable bonds is 7. The first-order valence-corrected chi connectivity index (χ1v) is 11.0. The number of piperidine rings is 1. The Morgan fingerprint density at radius 2 is 2.04 bits per heavy atom. The van der Waals surface area contributed by atoms with Gasteiger partial charge < -0.3 is 10.6 Å². The molecule has 2 amide bonds. The molecular formula is C19H29N3O4S. The third-order valence-corrected chi connectivity index (χ3v) is 6.47. The van der Waals surface area contributed by atoms with E-state index in [2.05, 4.69) is 10.6 Å². The number of nitrogens with zero attached hydrogens (tertiary/aromatic N) is 1. The first-order valence-electron chi connectivity index (χ1n) is 9.42. The summed E-state index contributed by atoms with van der Waals surface area (Å²) in [4.78, 5) is 24.7. The van der Waals surface area contributed by atoms with Crippen LogP contribution in [0.15, 0.2) is 24.3 Å². The molecule has 1 saturated heterocycles. The van der Waals surface area contributed by atoms with Gasteiger partial charge in [0.2, 0.25) is 15.9 Å². The average Bonchev–Trinajstić information content (AvgIpc) is 2.61. The molecule has 1 aliphatic heterocycles. The van der Waals surface area contributed by atoms with Crippen LogP contribution in [0.1, 0.15) is 50.4 Å². The minimum Gasteiger partial charge on any atom is -0.350 e. The zero-order valence-electron chi connectivity index (χ0n) is 16.2. The Labute approximate surface area is 161 Å². The molecule has 0 aromatic heterocycles. The molecule has 0 radical (unpaired) electrons. The number of hydrogen-bond acceptors (Lipinski definition) is 4. The lowest BCUT2D eigenvalue weighted by Crippen LogP contribution is -2.44. The van der Waals surface area contributed by atoms with Crippen LogP contribution in [0.2, 0.25) is 0 Å². The molecule has 150 valence electrons. The predicted octanol–water partition coefficient (Wildman–Crippen LogP) is 2.22. The van der Waals surface area contributed by atoms with Crippen LogP contribution in [0.3, 0.4) is 0 Å². The van der Waals surface area contributed by atoms with Crippen LogP contribution in [-0.4, -0.2) is 49.4 Å². The Hall–Kier alpha value is -1.93. The van der Waals surface area contributed by atoms with Gasteiger partial charge in [-0.05, 0) is 51.3 Å². The molecule has 7 nitrogen and oxygen atoms in total. The fourth-order valence-electron chi connectivity index (χ4n) is 3.12. The fourth-order valence-corrected chi connectivity index (χ4v) is 4.71. The second-order valence-electron chi connectivity index (χ2n) is 7.21. The lowest BCUT2D eigenvalue weighted by atomic mass is 9.98. The Kier molecular flexibility index (Phi) is 7.38. The molecule has 2 N–H and O–H groups in total. The third-order valence-electron chi connectivity index (χ3n) is 4.42. The highest BCUT2D eigenvalue weighted by molar-refractivity contribution is 7.89. The van der Waals surface area contributed by atoms with Gasteiger partial charge >= 0.3 is 0 Å². The van der Waals surface area contributed by atoms with Crippen LogP contribution in [0.5, 0.6) is 0 Å². The van der Waals surface area contributed by atoms with Gasteiger partial charge in [0.25, 0.3) is 5.91 Å². The molecule has 1 atom stereocenters. The molecule has 0 saturated carbocycles. The monoisotopic (exact) mass is 395 g/mol. The van der Waals surface area contributed by atoms with Crippen LogP contribution in [0, 0.1) is 5.92 Å². The standard InChI is InChI=1S/C19H29N3O4S/c1-4-11-27(25,26)22-10-6-8-16(13-22)19(24)21-17-9-5-7-15(12-17)18(23)20-14(2)3/h5,7,9,12,14,16H,4,6,8,10-11,13H2,1-3H3,(H,20,23)(H,21,24). The van der Waals surface area contributed by atoms with Gasteiger partial charge in [0.05, 0.1) is 11.7 Å². The minimum absolute atomic E-state index is 0.0223. The number of nitrogens with one attached hydrogen (secondary N) is 2. The molecule has 1 heterocycles. The van der Waals surface area contributed by atoms with Crippen LogP contribution in [0.25, 0.3) is 0 Å². The number of carbonyl (C=O) groups is 2. The molecule has 1 fully saturated rings. The van der Waals surface area contributed by atoms with Crippen molar-refractivity contribution in [3.8, 4) is 0 Å². The first-order chi connectivity index (χ1) is 12.7. The highest BCUT2D eigenvalue weighted by atomic mass is 32.2. The molecule has 27 heavy (non-hydrogen) atoms. The lowest BCUT2D eigenvalue weighted by molar-refractivity contribution is -0.120. The summed E-state index contributed by atoms with van der Waals surface area (Å²) in [5.41, 5.74) is 1.00. The zero-order chi connectivity index (χ0) is 20.0. The maximum Gasteiger partial charge on any atom is 0.251 e. The van der Waals surface area contributed by atoms with E-state index in [-0.39, 0.29) is 30.2 Å².